The van der Waals surface area contributed by atoms with Crippen LogP contribution in [-0.4, -0.2) is 15.1 Å². The number of aromatic nitrogens is 2. The Bertz CT molecular complexity index is 781. The lowest BCUT2D eigenvalue weighted by atomic mass is 10.1. The number of halogens is 1. The van der Waals surface area contributed by atoms with E-state index in [0.29, 0.717) is 16.6 Å². The first-order valence-electron chi connectivity index (χ1n) is 6.72. The maximum absolute atomic E-state index is 9.82. The summed E-state index contributed by atoms with van der Waals surface area (Å²) in [6.45, 7) is 0. The molecule has 3 nitrogen and oxygen atoms in total. The van der Waals surface area contributed by atoms with Crippen molar-refractivity contribution in [2.45, 2.75) is 10.9 Å². The minimum atomic E-state index is -0.0319. The van der Waals surface area contributed by atoms with Crippen molar-refractivity contribution in [2.24, 2.45) is 0 Å². The minimum absolute atomic E-state index is 0.0319. The summed E-state index contributed by atoms with van der Waals surface area (Å²) in [7, 11) is 0. The smallest absolute Gasteiger partial charge is 0.215 e. The molecule has 0 aliphatic rings. The zero-order valence-corrected chi connectivity index (χ0v) is 13.2. The standard InChI is InChI=1S/C17H13ClN2OS/c18-14-9-5-4-8-13(14)11-22-17-19-15(10-16(21)20-17)12-6-2-1-3-7-12/h1-10H,11H2,(H,19,20,21). The molecule has 0 atom stereocenters. The first-order valence-corrected chi connectivity index (χ1v) is 8.08. The lowest BCUT2D eigenvalue weighted by Crippen LogP contribution is -1.92. The molecule has 1 heterocycles. The molecular formula is C17H13ClN2OS. The fraction of sp³-hybridized carbons (Fsp3) is 0.0588. The normalized spacial score (nSPS) is 10.6. The molecule has 3 aromatic rings. The fourth-order valence-electron chi connectivity index (χ4n) is 1.99. The molecule has 0 aliphatic carbocycles. The van der Waals surface area contributed by atoms with Gasteiger partial charge in [0.25, 0.3) is 0 Å². The van der Waals surface area contributed by atoms with Gasteiger partial charge in [-0.15, -0.1) is 0 Å². The van der Waals surface area contributed by atoms with Crippen LogP contribution < -0.4 is 0 Å². The minimum Gasteiger partial charge on any atom is -0.493 e. The van der Waals surface area contributed by atoms with Crippen molar-refractivity contribution in [1.29, 1.82) is 0 Å². The van der Waals surface area contributed by atoms with Crippen molar-refractivity contribution >= 4 is 23.4 Å². The van der Waals surface area contributed by atoms with Crippen LogP contribution >= 0.6 is 23.4 Å². The molecule has 110 valence electrons. The summed E-state index contributed by atoms with van der Waals surface area (Å²) in [5, 5.41) is 11.1. The van der Waals surface area contributed by atoms with E-state index in [1.165, 1.54) is 11.8 Å². The van der Waals surface area contributed by atoms with E-state index in [1.54, 1.807) is 6.07 Å². The molecule has 1 N–H and O–H groups in total. The Balaban J connectivity index is 1.83. The summed E-state index contributed by atoms with van der Waals surface area (Å²) in [5.41, 5.74) is 2.66. The van der Waals surface area contributed by atoms with Gasteiger partial charge in [0.2, 0.25) is 5.88 Å². The number of hydrogen-bond acceptors (Lipinski definition) is 4. The van der Waals surface area contributed by atoms with Crippen LogP contribution in [0.2, 0.25) is 5.02 Å². The molecule has 0 aliphatic heterocycles. The Morgan fingerprint density at radius 3 is 2.45 bits per heavy atom. The molecule has 0 spiro atoms. The second-order valence-electron chi connectivity index (χ2n) is 4.64. The van der Waals surface area contributed by atoms with Gasteiger partial charge in [-0.1, -0.05) is 71.9 Å². The van der Waals surface area contributed by atoms with Gasteiger partial charge in [0.1, 0.15) is 0 Å². The summed E-state index contributed by atoms with van der Waals surface area (Å²) < 4.78 is 0. The number of nitrogens with zero attached hydrogens (tertiary/aromatic N) is 2. The first-order chi connectivity index (χ1) is 10.7. The van der Waals surface area contributed by atoms with E-state index >= 15 is 0 Å². The maximum Gasteiger partial charge on any atom is 0.215 e. The van der Waals surface area contributed by atoms with E-state index in [9.17, 15) is 5.11 Å². The quantitative estimate of drug-likeness (QED) is 0.552. The van der Waals surface area contributed by atoms with Crippen LogP contribution in [-0.2, 0) is 5.75 Å². The number of hydrogen-bond donors (Lipinski definition) is 1. The Labute approximate surface area is 138 Å². The average molecular weight is 329 g/mol. The van der Waals surface area contributed by atoms with Crippen LogP contribution in [0.4, 0.5) is 0 Å². The number of rotatable bonds is 4. The van der Waals surface area contributed by atoms with Crippen molar-refractivity contribution in [3.8, 4) is 17.1 Å². The van der Waals surface area contributed by atoms with Crippen molar-refractivity contribution < 1.29 is 5.11 Å². The Morgan fingerprint density at radius 2 is 1.68 bits per heavy atom. The summed E-state index contributed by atoms with van der Waals surface area (Å²) >= 11 is 7.59. The summed E-state index contributed by atoms with van der Waals surface area (Å²) in [4.78, 5) is 8.57. The molecule has 2 aromatic carbocycles. The topological polar surface area (TPSA) is 46.0 Å². The Morgan fingerprint density at radius 1 is 0.955 bits per heavy atom. The van der Waals surface area contributed by atoms with Crippen molar-refractivity contribution in [1.82, 2.24) is 9.97 Å². The van der Waals surface area contributed by atoms with Gasteiger partial charge in [-0.25, -0.2) is 4.98 Å². The highest BCUT2D eigenvalue weighted by Crippen LogP contribution is 2.28. The molecule has 0 radical (unpaired) electrons. The molecule has 0 amide bonds. The molecule has 1 aromatic heterocycles. The highest BCUT2D eigenvalue weighted by Gasteiger charge is 2.08. The molecular weight excluding hydrogens is 316 g/mol. The highest BCUT2D eigenvalue weighted by atomic mass is 35.5. The Kier molecular flexibility index (Phi) is 4.61. The van der Waals surface area contributed by atoms with Crippen molar-refractivity contribution in [2.75, 3.05) is 0 Å². The Hall–Kier alpha value is -2.04. The van der Waals surface area contributed by atoms with Crippen molar-refractivity contribution in [3.63, 3.8) is 0 Å². The molecule has 0 saturated carbocycles. The molecule has 0 bridgehead atoms. The maximum atomic E-state index is 9.82. The van der Waals surface area contributed by atoms with E-state index in [2.05, 4.69) is 9.97 Å². The van der Waals surface area contributed by atoms with E-state index in [-0.39, 0.29) is 5.88 Å². The molecule has 0 fully saturated rings. The van der Waals surface area contributed by atoms with Gasteiger partial charge < -0.3 is 5.11 Å². The van der Waals surface area contributed by atoms with Crippen molar-refractivity contribution in [3.05, 3.63) is 71.2 Å². The summed E-state index contributed by atoms with van der Waals surface area (Å²) in [6.07, 6.45) is 0. The van der Waals surface area contributed by atoms with Gasteiger partial charge in [-0.2, -0.15) is 4.98 Å². The zero-order chi connectivity index (χ0) is 15.4. The number of thioether (sulfide) groups is 1. The van der Waals surface area contributed by atoms with Crippen LogP contribution in [0.25, 0.3) is 11.3 Å². The number of benzene rings is 2. The van der Waals surface area contributed by atoms with E-state index in [1.807, 2.05) is 54.6 Å². The van der Waals surface area contributed by atoms with Gasteiger partial charge in [0.15, 0.2) is 5.16 Å². The first kappa shape index (κ1) is 14.9. The van der Waals surface area contributed by atoms with Crippen LogP contribution in [0.3, 0.4) is 0 Å². The second-order valence-corrected chi connectivity index (χ2v) is 5.99. The second kappa shape index (κ2) is 6.81. The van der Waals surface area contributed by atoms with Crippen LogP contribution in [0.15, 0.2) is 65.8 Å². The van der Waals surface area contributed by atoms with Crippen LogP contribution in [0, 0.1) is 0 Å². The largest absolute Gasteiger partial charge is 0.493 e. The molecule has 0 saturated heterocycles. The van der Waals surface area contributed by atoms with Gasteiger partial charge >= 0.3 is 0 Å². The highest BCUT2D eigenvalue weighted by molar-refractivity contribution is 7.98. The predicted octanol–water partition coefficient (Wildman–Crippen LogP) is 4.79. The fourth-order valence-corrected chi connectivity index (χ4v) is 3.13. The monoisotopic (exact) mass is 328 g/mol. The lowest BCUT2D eigenvalue weighted by Gasteiger charge is -2.06. The van der Waals surface area contributed by atoms with E-state index in [0.717, 1.165) is 16.1 Å². The van der Waals surface area contributed by atoms with E-state index < -0.39 is 0 Å². The molecule has 5 heteroatoms. The molecule has 22 heavy (non-hydrogen) atoms. The third-order valence-electron chi connectivity index (χ3n) is 3.08. The SMILES string of the molecule is Oc1cc(-c2ccccc2)nc(SCc2ccccc2Cl)n1. The van der Waals surface area contributed by atoms with Gasteiger partial charge in [-0.3, -0.25) is 0 Å². The van der Waals surface area contributed by atoms with Crippen LogP contribution in [0.1, 0.15) is 5.56 Å². The predicted molar refractivity (Wildman–Crippen MR) is 90.1 cm³/mol. The molecule has 0 unspecified atom stereocenters. The van der Waals surface area contributed by atoms with Gasteiger partial charge in [-0.05, 0) is 11.6 Å². The summed E-state index contributed by atoms with van der Waals surface area (Å²) in [6, 6.07) is 18.9. The zero-order valence-electron chi connectivity index (χ0n) is 11.6. The van der Waals surface area contributed by atoms with E-state index in [4.69, 9.17) is 11.6 Å². The molecule has 3 rings (SSSR count). The number of aromatic hydroxyl groups is 1. The third-order valence-corrected chi connectivity index (χ3v) is 4.34. The summed E-state index contributed by atoms with van der Waals surface area (Å²) in [5.74, 6) is 0.618. The lowest BCUT2D eigenvalue weighted by molar-refractivity contribution is 0.446. The van der Waals surface area contributed by atoms with Gasteiger partial charge in [0.05, 0.1) is 5.69 Å². The average Bonchev–Trinajstić information content (AvgIpc) is 2.54. The van der Waals surface area contributed by atoms with Gasteiger partial charge in [0, 0.05) is 22.4 Å². The van der Waals surface area contributed by atoms with Crippen LogP contribution in [0.5, 0.6) is 5.88 Å². The third kappa shape index (κ3) is 3.59.